The molecule has 0 bridgehead atoms. The maximum Gasteiger partial charge on any atom is 0.416 e. The first-order chi connectivity index (χ1) is 13.6. The molecule has 29 heavy (non-hydrogen) atoms. The van der Waals surface area contributed by atoms with E-state index in [0.717, 1.165) is 17.0 Å². The zero-order valence-corrected chi connectivity index (χ0v) is 16.4. The first-order valence-corrected chi connectivity index (χ1v) is 9.70. The van der Waals surface area contributed by atoms with E-state index in [9.17, 15) is 27.6 Å². The second-order valence-corrected chi connectivity index (χ2v) is 7.49. The van der Waals surface area contributed by atoms with Crippen LogP contribution in [0.3, 0.4) is 0 Å². The normalized spacial score (nSPS) is 21.7. The molecule has 2 fully saturated rings. The van der Waals surface area contributed by atoms with Gasteiger partial charge < -0.3 is 9.80 Å². The van der Waals surface area contributed by atoms with Crippen molar-refractivity contribution in [2.45, 2.75) is 38.9 Å². The van der Waals surface area contributed by atoms with Gasteiger partial charge in [0.2, 0.25) is 17.7 Å². The van der Waals surface area contributed by atoms with E-state index >= 15 is 0 Å². The van der Waals surface area contributed by atoms with Crippen molar-refractivity contribution in [2.75, 3.05) is 31.1 Å². The van der Waals surface area contributed by atoms with Crippen LogP contribution in [0.2, 0.25) is 0 Å². The maximum absolute atomic E-state index is 13.0. The van der Waals surface area contributed by atoms with Crippen molar-refractivity contribution in [1.29, 1.82) is 0 Å². The van der Waals surface area contributed by atoms with Gasteiger partial charge in [-0.05, 0) is 24.6 Å². The van der Waals surface area contributed by atoms with Gasteiger partial charge in [-0.1, -0.05) is 19.9 Å². The van der Waals surface area contributed by atoms with Crippen molar-refractivity contribution < 1.29 is 27.6 Å². The Hall–Kier alpha value is -2.58. The number of rotatable bonds is 4. The number of hydrogen-bond donors (Lipinski definition) is 0. The summed E-state index contributed by atoms with van der Waals surface area (Å²) in [6, 6.07) is 4.30. The third-order valence-electron chi connectivity index (χ3n) is 5.52. The monoisotopic (exact) mass is 411 g/mol. The number of halogens is 3. The lowest BCUT2D eigenvalue weighted by atomic mass is 10.1. The minimum atomic E-state index is -4.41. The van der Waals surface area contributed by atoms with Crippen LogP contribution in [0.5, 0.6) is 0 Å². The van der Waals surface area contributed by atoms with Gasteiger partial charge in [-0.2, -0.15) is 13.2 Å². The van der Waals surface area contributed by atoms with Crippen LogP contribution >= 0.6 is 0 Å². The highest BCUT2D eigenvalue weighted by Gasteiger charge is 2.43. The van der Waals surface area contributed by atoms with Gasteiger partial charge >= 0.3 is 6.18 Å². The minimum absolute atomic E-state index is 0.117. The molecule has 0 spiro atoms. The minimum Gasteiger partial charge on any atom is -0.368 e. The third-order valence-corrected chi connectivity index (χ3v) is 5.52. The van der Waals surface area contributed by atoms with Crippen molar-refractivity contribution in [3.05, 3.63) is 29.8 Å². The molecule has 0 N–H and O–H groups in total. The second-order valence-electron chi connectivity index (χ2n) is 7.49. The van der Waals surface area contributed by atoms with Gasteiger partial charge in [-0.25, -0.2) is 0 Å². The fourth-order valence-electron chi connectivity index (χ4n) is 3.88. The molecule has 0 aromatic heterocycles. The van der Waals surface area contributed by atoms with Crippen LogP contribution < -0.4 is 4.90 Å². The summed E-state index contributed by atoms with van der Waals surface area (Å²) in [6.07, 6.45) is -3.96. The zero-order valence-electron chi connectivity index (χ0n) is 16.4. The number of amides is 3. The number of likely N-dealkylation sites (tertiary alicyclic amines) is 1. The number of nitrogens with zero attached hydrogens (tertiary/aromatic N) is 3. The molecule has 0 radical (unpaired) electrons. The topological polar surface area (TPSA) is 60.9 Å². The summed E-state index contributed by atoms with van der Waals surface area (Å²) in [7, 11) is 0. The number of carbonyl (C=O) groups is 3. The average Bonchev–Trinajstić information content (AvgIpc) is 2.94. The number of alkyl halides is 3. The molecule has 2 unspecified atom stereocenters. The maximum atomic E-state index is 13.0. The molecule has 158 valence electrons. The fourth-order valence-corrected chi connectivity index (χ4v) is 3.88. The molecule has 3 amide bonds. The summed E-state index contributed by atoms with van der Waals surface area (Å²) in [5.41, 5.74) is -0.252. The Labute approximate surface area is 167 Å². The first-order valence-electron chi connectivity index (χ1n) is 9.70. The van der Waals surface area contributed by atoms with Crippen LogP contribution in [0, 0.1) is 5.92 Å². The lowest BCUT2D eigenvalue weighted by molar-refractivity contribution is -0.151. The van der Waals surface area contributed by atoms with Crippen LogP contribution in [0.1, 0.15) is 32.3 Å². The van der Waals surface area contributed by atoms with E-state index in [-0.39, 0.29) is 24.1 Å². The number of carbonyl (C=O) groups excluding carboxylic acids is 3. The van der Waals surface area contributed by atoms with E-state index in [1.807, 2.05) is 0 Å². The van der Waals surface area contributed by atoms with Gasteiger partial charge in [0.1, 0.15) is 6.04 Å². The van der Waals surface area contributed by atoms with Gasteiger partial charge in [0, 0.05) is 44.2 Å². The lowest BCUT2D eigenvalue weighted by Gasteiger charge is -2.38. The molecule has 1 aromatic rings. The Kier molecular flexibility index (Phi) is 5.86. The molecule has 1 aromatic carbocycles. The van der Waals surface area contributed by atoms with Crippen molar-refractivity contribution >= 4 is 23.4 Å². The molecular formula is C20H24F3N3O3. The Bertz CT molecular complexity index is 804. The summed E-state index contributed by atoms with van der Waals surface area (Å²) < 4.78 is 38.8. The number of hydrogen-bond acceptors (Lipinski definition) is 4. The SMILES string of the molecule is CCC(C(=O)N1CCN(c2cccc(C(F)(F)F)c2)CC1)N1C(=O)CC(C)C1=O. The van der Waals surface area contributed by atoms with Gasteiger partial charge in [0.05, 0.1) is 5.56 Å². The molecule has 2 aliphatic rings. The number of benzene rings is 1. The van der Waals surface area contributed by atoms with Crippen molar-refractivity contribution in [2.24, 2.45) is 5.92 Å². The van der Waals surface area contributed by atoms with Crippen LogP contribution in [0.4, 0.5) is 18.9 Å². The van der Waals surface area contributed by atoms with Crippen molar-refractivity contribution in [3.63, 3.8) is 0 Å². The molecule has 0 saturated carbocycles. The summed E-state index contributed by atoms with van der Waals surface area (Å²) in [4.78, 5) is 41.9. The van der Waals surface area contributed by atoms with Gasteiger partial charge in [0.25, 0.3) is 0 Å². The number of anilines is 1. The molecule has 0 aliphatic carbocycles. The van der Waals surface area contributed by atoms with Crippen LogP contribution in [-0.4, -0.2) is 59.7 Å². The number of imide groups is 1. The van der Waals surface area contributed by atoms with Gasteiger partial charge in [-0.3, -0.25) is 19.3 Å². The first kappa shape index (κ1) is 21.1. The van der Waals surface area contributed by atoms with E-state index in [1.165, 1.54) is 6.07 Å². The second kappa shape index (κ2) is 8.04. The largest absolute Gasteiger partial charge is 0.416 e. The summed E-state index contributed by atoms with van der Waals surface area (Å²) in [5, 5.41) is 0. The molecule has 2 saturated heterocycles. The Morgan fingerprint density at radius 3 is 2.34 bits per heavy atom. The smallest absolute Gasteiger partial charge is 0.368 e. The van der Waals surface area contributed by atoms with Crippen LogP contribution in [-0.2, 0) is 20.6 Å². The van der Waals surface area contributed by atoms with Crippen LogP contribution in [0.25, 0.3) is 0 Å². The fraction of sp³-hybridized carbons (Fsp3) is 0.550. The van der Waals surface area contributed by atoms with Crippen LogP contribution in [0.15, 0.2) is 24.3 Å². The van der Waals surface area contributed by atoms with E-state index in [0.29, 0.717) is 38.3 Å². The predicted molar refractivity (Wildman–Crippen MR) is 100.0 cm³/mol. The van der Waals surface area contributed by atoms with Crippen molar-refractivity contribution in [1.82, 2.24) is 9.80 Å². The quantitative estimate of drug-likeness (QED) is 0.715. The lowest BCUT2D eigenvalue weighted by Crippen LogP contribution is -2.56. The Morgan fingerprint density at radius 1 is 1.17 bits per heavy atom. The molecule has 2 heterocycles. The van der Waals surface area contributed by atoms with E-state index < -0.39 is 23.7 Å². The standard InChI is InChI=1S/C20H24F3N3O3/c1-3-16(26-17(27)11-13(2)18(26)28)19(29)25-9-7-24(8-10-25)15-6-4-5-14(12-15)20(21,22)23/h4-6,12-13,16H,3,7-11H2,1-2H3. The Balaban J connectivity index is 1.66. The average molecular weight is 411 g/mol. The molecule has 2 atom stereocenters. The molecule has 6 nitrogen and oxygen atoms in total. The summed E-state index contributed by atoms with van der Waals surface area (Å²) in [6.45, 7) is 4.81. The Morgan fingerprint density at radius 2 is 1.83 bits per heavy atom. The van der Waals surface area contributed by atoms with Gasteiger partial charge in [0.15, 0.2) is 0 Å². The zero-order chi connectivity index (χ0) is 21.3. The summed E-state index contributed by atoms with van der Waals surface area (Å²) in [5.74, 6) is -1.35. The molecular weight excluding hydrogens is 387 g/mol. The van der Waals surface area contributed by atoms with E-state index in [4.69, 9.17) is 0 Å². The summed E-state index contributed by atoms with van der Waals surface area (Å²) >= 11 is 0. The molecule has 3 rings (SSSR count). The van der Waals surface area contributed by atoms with Crippen molar-refractivity contribution in [3.8, 4) is 0 Å². The highest BCUT2D eigenvalue weighted by molar-refractivity contribution is 6.06. The highest BCUT2D eigenvalue weighted by Crippen LogP contribution is 2.32. The van der Waals surface area contributed by atoms with Gasteiger partial charge in [-0.15, -0.1) is 0 Å². The number of piperazine rings is 1. The van der Waals surface area contributed by atoms with E-state index in [1.54, 1.807) is 29.7 Å². The highest BCUT2D eigenvalue weighted by atomic mass is 19.4. The molecule has 9 heteroatoms. The predicted octanol–water partition coefficient (Wildman–Crippen LogP) is 2.53. The van der Waals surface area contributed by atoms with E-state index in [2.05, 4.69) is 0 Å². The third kappa shape index (κ3) is 4.23. The molecule has 2 aliphatic heterocycles.